The van der Waals surface area contributed by atoms with Gasteiger partial charge < -0.3 is 10.2 Å². The zero-order chi connectivity index (χ0) is 7.84. The first-order valence-electron chi connectivity index (χ1n) is 3.52. The number of rotatable bonds is 2. The number of amides is 1. The first-order valence-corrected chi connectivity index (χ1v) is 3.52. The fourth-order valence-corrected chi connectivity index (χ4v) is 1.09. The Balaban J connectivity index is 2.37. The standard InChI is InChI=1S/C7H8N2O2/c8-7(10)6-5(4-1-2-4)9-3-11-6/h3-4H,1-2H2,(H2,8,10). The second-order valence-electron chi connectivity index (χ2n) is 2.71. The van der Waals surface area contributed by atoms with E-state index in [1.807, 2.05) is 0 Å². The van der Waals surface area contributed by atoms with Crippen LogP contribution in [0.2, 0.25) is 0 Å². The van der Waals surface area contributed by atoms with Crippen molar-refractivity contribution < 1.29 is 9.21 Å². The first-order chi connectivity index (χ1) is 5.29. The molecule has 1 amide bonds. The highest BCUT2D eigenvalue weighted by Gasteiger charge is 2.31. The molecule has 1 fully saturated rings. The van der Waals surface area contributed by atoms with E-state index in [2.05, 4.69) is 4.98 Å². The molecule has 0 saturated heterocycles. The van der Waals surface area contributed by atoms with Crippen molar-refractivity contribution in [2.45, 2.75) is 18.8 Å². The van der Waals surface area contributed by atoms with Gasteiger partial charge in [-0.1, -0.05) is 0 Å². The lowest BCUT2D eigenvalue weighted by molar-refractivity contribution is 0.0972. The molecule has 0 unspecified atom stereocenters. The minimum atomic E-state index is -0.524. The lowest BCUT2D eigenvalue weighted by Crippen LogP contribution is -2.11. The minimum Gasteiger partial charge on any atom is -0.438 e. The first kappa shape index (κ1) is 6.39. The van der Waals surface area contributed by atoms with Crippen molar-refractivity contribution in [1.82, 2.24) is 4.98 Å². The number of carbonyl (C=O) groups is 1. The minimum absolute atomic E-state index is 0.229. The Morgan fingerprint density at radius 3 is 3.00 bits per heavy atom. The molecule has 4 nitrogen and oxygen atoms in total. The molecule has 2 N–H and O–H groups in total. The third-order valence-electron chi connectivity index (χ3n) is 1.78. The summed E-state index contributed by atoms with van der Waals surface area (Å²) < 4.78 is 4.84. The molecule has 0 bridgehead atoms. The number of carbonyl (C=O) groups excluding carboxylic acids is 1. The Morgan fingerprint density at radius 2 is 2.45 bits per heavy atom. The number of hydrogen-bond donors (Lipinski definition) is 1. The number of nitrogens with two attached hydrogens (primary N) is 1. The van der Waals surface area contributed by atoms with E-state index in [1.54, 1.807) is 0 Å². The fraction of sp³-hybridized carbons (Fsp3) is 0.429. The summed E-state index contributed by atoms with van der Waals surface area (Å²) >= 11 is 0. The average molecular weight is 152 g/mol. The van der Waals surface area contributed by atoms with Crippen molar-refractivity contribution in [2.24, 2.45) is 5.73 Å². The highest BCUT2D eigenvalue weighted by molar-refractivity contribution is 5.91. The van der Waals surface area contributed by atoms with Crippen molar-refractivity contribution in [3.63, 3.8) is 0 Å². The quantitative estimate of drug-likeness (QED) is 0.676. The van der Waals surface area contributed by atoms with Crippen LogP contribution in [0.25, 0.3) is 0 Å². The maximum Gasteiger partial charge on any atom is 0.286 e. The van der Waals surface area contributed by atoms with Gasteiger partial charge in [0.25, 0.3) is 5.91 Å². The summed E-state index contributed by atoms with van der Waals surface area (Å²) in [6.07, 6.45) is 3.45. The molecule has 11 heavy (non-hydrogen) atoms. The highest BCUT2D eigenvalue weighted by Crippen LogP contribution is 2.40. The normalized spacial score (nSPS) is 16.7. The zero-order valence-corrected chi connectivity index (χ0v) is 5.91. The lowest BCUT2D eigenvalue weighted by atomic mass is 10.2. The number of nitrogens with zero attached hydrogens (tertiary/aromatic N) is 1. The zero-order valence-electron chi connectivity index (χ0n) is 5.91. The van der Waals surface area contributed by atoms with Crippen LogP contribution in [-0.2, 0) is 0 Å². The van der Waals surface area contributed by atoms with Crippen LogP contribution >= 0.6 is 0 Å². The molecule has 1 aliphatic rings. The van der Waals surface area contributed by atoms with Crippen LogP contribution < -0.4 is 5.73 Å². The van der Waals surface area contributed by atoms with E-state index in [1.165, 1.54) is 6.39 Å². The second-order valence-corrected chi connectivity index (χ2v) is 2.71. The Kier molecular flexibility index (Phi) is 1.21. The molecule has 4 heteroatoms. The molecule has 0 aromatic carbocycles. The van der Waals surface area contributed by atoms with Gasteiger partial charge in [0, 0.05) is 5.92 Å². The van der Waals surface area contributed by atoms with Gasteiger partial charge in [0.05, 0.1) is 5.69 Å². The van der Waals surface area contributed by atoms with Crippen LogP contribution in [-0.4, -0.2) is 10.9 Å². The number of hydrogen-bond acceptors (Lipinski definition) is 3. The number of aromatic nitrogens is 1. The van der Waals surface area contributed by atoms with Gasteiger partial charge >= 0.3 is 0 Å². The van der Waals surface area contributed by atoms with Crippen LogP contribution in [0.5, 0.6) is 0 Å². The Morgan fingerprint density at radius 1 is 1.73 bits per heavy atom. The summed E-state index contributed by atoms with van der Waals surface area (Å²) in [7, 11) is 0. The smallest absolute Gasteiger partial charge is 0.286 e. The van der Waals surface area contributed by atoms with Gasteiger partial charge in [0.15, 0.2) is 6.39 Å². The largest absolute Gasteiger partial charge is 0.438 e. The molecule has 0 atom stereocenters. The van der Waals surface area contributed by atoms with Crippen molar-refractivity contribution in [1.29, 1.82) is 0 Å². The predicted octanol–water partition coefficient (Wildman–Crippen LogP) is 0.651. The molecule has 2 rings (SSSR count). The van der Waals surface area contributed by atoms with Gasteiger partial charge in [0.2, 0.25) is 5.76 Å². The van der Waals surface area contributed by atoms with E-state index in [0.717, 1.165) is 18.5 Å². The molecule has 1 aliphatic carbocycles. The topological polar surface area (TPSA) is 69.1 Å². The summed E-state index contributed by atoms with van der Waals surface area (Å²) in [5.41, 5.74) is 5.79. The van der Waals surface area contributed by atoms with E-state index < -0.39 is 5.91 Å². The monoisotopic (exact) mass is 152 g/mol. The van der Waals surface area contributed by atoms with Crippen molar-refractivity contribution >= 4 is 5.91 Å². The molecule has 1 saturated carbocycles. The van der Waals surface area contributed by atoms with E-state index in [9.17, 15) is 4.79 Å². The maximum absolute atomic E-state index is 10.7. The van der Waals surface area contributed by atoms with Gasteiger partial charge in [-0.25, -0.2) is 4.98 Å². The lowest BCUT2D eigenvalue weighted by Gasteiger charge is -1.90. The molecule has 58 valence electrons. The molecule has 1 aromatic rings. The van der Waals surface area contributed by atoms with Crippen LogP contribution in [0.4, 0.5) is 0 Å². The summed E-state index contributed by atoms with van der Waals surface area (Å²) in [6, 6.07) is 0. The summed E-state index contributed by atoms with van der Waals surface area (Å²) in [5.74, 6) is 0.119. The summed E-state index contributed by atoms with van der Waals surface area (Å²) in [6.45, 7) is 0. The van der Waals surface area contributed by atoms with Crippen molar-refractivity contribution in [3.05, 3.63) is 17.8 Å². The molecule has 1 aromatic heterocycles. The molecule has 1 heterocycles. The Labute approximate surface area is 63.4 Å². The van der Waals surface area contributed by atoms with Gasteiger partial charge in [-0.15, -0.1) is 0 Å². The fourth-order valence-electron chi connectivity index (χ4n) is 1.09. The second kappa shape index (κ2) is 2.08. The van der Waals surface area contributed by atoms with E-state index in [4.69, 9.17) is 10.2 Å². The number of oxazole rings is 1. The van der Waals surface area contributed by atoms with E-state index in [-0.39, 0.29) is 5.76 Å². The third-order valence-corrected chi connectivity index (χ3v) is 1.78. The maximum atomic E-state index is 10.7. The van der Waals surface area contributed by atoms with Gasteiger partial charge in [-0.2, -0.15) is 0 Å². The molecular formula is C7H8N2O2. The predicted molar refractivity (Wildman–Crippen MR) is 37.0 cm³/mol. The molecule has 0 spiro atoms. The van der Waals surface area contributed by atoms with Crippen LogP contribution in [0.1, 0.15) is 35.0 Å². The van der Waals surface area contributed by atoms with E-state index in [0.29, 0.717) is 5.92 Å². The van der Waals surface area contributed by atoms with Gasteiger partial charge in [-0.3, -0.25) is 4.79 Å². The Bertz CT molecular complexity index is 288. The highest BCUT2D eigenvalue weighted by atomic mass is 16.3. The van der Waals surface area contributed by atoms with Crippen molar-refractivity contribution in [2.75, 3.05) is 0 Å². The van der Waals surface area contributed by atoms with Gasteiger partial charge in [0.1, 0.15) is 0 Å². The molecule has 0 radical (unpaired) electrons. The van der Waals surface area contributed by atoms with E-state index >= 15 is 0 Å². The number of primary amides is 1. The molecule has 0 aliphatic heterocycles. The average Bonchev–Trinajstić information content (AvgIpc) is 2.68. The summed E-state index contributed by atoms with van der Waals surface area (Å²) in [4.78, 5) is 14.6. The third kappa shape index (κ3) is 1.00. The van der Waals surface area contributed by atoms with Crippen LogP contribution in [0, 0.1) is 0 Å². The van der Waals surface area contributed by atoms with Crippen molar-refractivity contribution in [3.8, 4) is 0 Å². The Hall–Kier alpha value is -1.32. The SMILES string of the molecule is NC(=O)c1ocnc1C1CC1. The summed E-state index contributed by atoms with van der Waals surface area (Å²) in [5, 5.41) is 0. The van der Waals surface area contributed by atoms with Gasteiger partial charge in [-0.05, 0) is 12.8 Å². The van der Waals surface area contributed by atoms with Crippen LogP contribution in [0.15, 0.2) is 10.8 Å². The van der Waals surface area contributed by atoms with Crippen LogP contribution in [0.3, 0.4) is 0 Å². The molecular weight excluding hydrogens is 144 g/mol.